The molecule has 0 aliphatic heterocycles. The van der Waals surface area contributed by atoms with Crippen molar-refractivity contribution in [3.63, 3.8) is 0 Å². The van der Waals surface area contributed by atoms with E-state index in [9.17, 15) is 0 Å². The molecule has 0 aliphatic rings. The highest BCUT2D eigenvalue weighted by atomic mass is 16.2. The molecule has 1 rings (SSSR count). The van der Waals surface area contributed by atoms with Crippen LogP contribution >= 0.6 is 0 Å². The van der Waals surface area contributed by atoms with Crippen LogP contribution in [0, 0.1) is 0 Å². The molecule has 0 saturated heterocycles. The minimum absolute atomic E-state index is 0.143. The monoisotopic (exact) mass is 232 g/mol. The zero-order valence-electron chi connectivity index (χ0n) is 8.67. The Morgan fingerprint density at radius 2 is 1.76 bits per heavy atom. The molecule has 0 fully saturated rings. The summed E-state index contributed by atoms with van der Waals surface area (Å²) in [6.07, 6.45) is 0.250. The lowest BCUT2D eigenvalue weighted by molar-refractivity contribution is -0.191. The van der Waals surface area contributed by atoms with E-state index in [4.69, 9.17) is 20.7 Å². The topological polar surface area (TPSA) is 132 Å². The number of nitrogens with zero attached hydrogens (tertiary/aromatic N) is 6. The number of benzene rings is 1. The van der Waals surface area contributed by atoms with Gasteiger partial charge in [0.1, 0.15) is 0 Å². The van der Waals surface area contributed by atoms with Crippen LogP contribution in [0.3, 0.4) is 0 Å². The minimum atomic E-state index is -0.419. The first kappa shape index (κ1) is 14.2. The number of carbonyl (C=O) groups excluding carboxylic acids is 2. The summed E-state index contributed by atoms with van der Waals surface area (Å²) in [7, 11) is 0. The van der Waals surface area contributed by atoms with E-state index in [0.717, 1.165) is 5.56 Å². The van der Waals surface area contributed by atoms with Gasteiger partial charge in [-0.15, -0.1) is 0 Å². The van der Waals surface area contributed by atoms with Gasteiger partial charge in [0.2, 0.25) is 0 Å². The quantitative estimate of drug-likeness (QED) is 0.448. The molecule has 0 saturated carbocycles. The Morgan fingerprint density at radius 3 is 2.24 bits per heavy atom. The second-order valence-corrected chi connectivity index (χ2v) is 2.63. The fourth-order valence-electron chi connectivity index (χ4n) is 1.06. The van der Waals surface area contributed by atoms with Crippen LogP contribution in [0.1, 0.15) is 11.6 Å². The third kappa shape index (κ3) is 6.33. The molecule has 0 aliphatic carbocycles. The highest BCUT2D eigenvalue weighted by Gasteiger charge is 2.06. The van der Waals surface area contributed by atoms with Gasteiger partial charge in [0, 0.05) is 16.4 Å². The fourth-order valence-corrected chi connectivity index (χ4v) is 1.06. The maximum absolute atomic E-state index is 8.32. The zero-order valence-corrected chi connectivity index (χ0v) is 8.67. The Kier molecular flexibility index (Phi) is 8.17. The van der Waals surface area contributed by atoms with Crippen molar-refractivity contribution in [1.82, 2.24) is 0 Å². The first-order valence-corrected chi connectivity index (χ1v) is 4.39. The number of azide groups is 2. The molecule has 1 atom stereocenters. The van der Waals surface area contributed by atoms with Crippen LogP contribution in [0.2, 0.25) is 0 Å². The zero-order chi connectivity index (χ0) is 12.9. The summed E-state index contributed by atoms with van der Waals surface area (Å²) in [6.45, 7) is 0.143. The van der Waals surface area contributed by atoms with Crippen molar-refractivity contribution in [3.8, 4) is 0 Å². The van der Waals surface area contributed by atoms with E-state index in [1.165, 1.54) is 0 Å². The molecule has 0 bridgehead atoms. The smallest absolute Gasteiger partial charge is 0.186 e. The van der Waals surface area contributed by atoms with Crippen molar-refractivity contribution >= 4 is 6.15 Å². The average Bonchev–Trinajstić information content (AvgIpc) is 2.36. The molecule has 8 heteroatoms. The third-order valence-electron chi connectivity index (χ3n) is 1.69. The standard InChI is InChI=1S/C8H8N6.CO2/c9-13-11-6-8(12-14-10)7-4-2-1-3-5-7;2-1-3/h1-5,8H,6H2;. The predicted molar refractivity (Wildman–Crippen MR) is 57.3 cm³/mol. The van der Waals surface area contributed by atoms with E-state index in [2.05, 4.69) is 20.1 Å². The summed E-state index contributed by atoms with van der Waals surface area (Å²) in [4.78, 5) is 21.6. The summed E-state index contributed by atoms with van der Waals surface area (Å²) >= 11 is 0. The molecule has 1 unspecified atom stereocenters. The molecule has 0 radical (unpaired) electrons. The molecule has 0 aromatic heterocycles. The first-order valence-electron chi connectivity index (χ1n) is 4.39. The molecule has 1 aromatic carbocycles. The van der Waals surface area contributed by atoms with Crippen LogP contribution in [0.5, 0.6) is 0 Å². The van der Waals surface area contributed by atoms with Gasteiger partial charge in [0.15, 0.2) is 0 Å². The molecule has 8 nitrogen and oxygen atoms in total. The largest absolute Gasteiger partial charge is 0.373 e. The van der Waals surface area contributed by atoms with Crippen molar-refractivity contribution in [3.05, 3.63) is 56.8 Å². The van der Waals surface area contributed by atoms with Gasteiger partial charge in [-0.2, -0.15) is 9.59 Å². The van der Waals surface area contributed by atoms with Gasteiger partial charge in [-0.1, -0.05) is 40.6 Å². The Balaban J connectivity index is 0.000000770. The highest BCUT2D eigenvalue weighted by molar-refractivity contribution is 5.20. The number of hydrogen-bond acceptors (Lipinski definition) is 4. The minimum Gasteiger partial charge on any atom is -0.186 e. The Hall–Kier alpha value is -2.78. The van der Waals surface area contributed by atoms with Crippen molar-refractivity contribution in [2.24, 2.45) is 10.2 Å². The molecular weight excluding hydrogens is 224 g/mol. The summed E-state index contributed by atoms with van der Waals surface area (Å²) in [5, 5.41) is 6.93. The number of hydrogen-bond donors (Lipinski definition) is 0. The van der Waals surface area contributed by atoms with Gasteiger partial charge < -0.3 is 0 Å². The first-order chi connectivity index (χ1) is 8.29. The van der Waals surface area contributed by atoms with Crippen LogP contribution in [0.25, 0.3) is 20.9 Å². The average molecular weight is 232 g/mol. The van der Waals surface area contributed by atoms with E-state index >= 15 is 0 Å². The van der Waals surface area contributed by atoms with Crippen molar-refractivity contribution < 1.29 is 9.59 Å². The van der Waals surface area contributed by atoms with Gasteiger partial charge in [-0.3, -0.25) is 0 Å². The summed E-state index contributed by atoms with van der Waals surface area (Å²) < 4.78 is 0. The molecule has 0 amide bonds. The Morgan fingerprint density at radius 1 is 1.18 bits per heavy atom. The van der Waals surface area contributed by atoms with E-state index in [1.54, 1.807) is 0 Å². The molecule has 86 valence electrons. The lowest BCUT2D eigenvalue weighted by Gasteiger charge is -2.06. The second-order valence-electron chi connectivity index (χ2n) is 2.63. The van der Waals surface area contributed by atoms with Crippen LogP contribution in [-0.4, -0.2) is 12.7 Å². The van der Waals surface area contributed by atoms with Gasteiger partial charge >= 0.3 is 6.15 Å². The van der Waals surface area contributed by atoms with E-state index in [0.29, 0.717) is 0 Å². The van der Waals surface area contributed by atoms with Crippen LogP contribution in [-0.2, 0) is 9.59 Å². The lowest BCUT2D eigenvalue weighted by Crippen LogP contribution is -1.97. The fraction of sp³-hybridized carbons (Fsp3) is 0.222. The molecule has 0 spiro atoms. The SMILES string of the molecule is O=C=O.[N-]=[N+]=NCC(N=[N+]=[N-])c1ccccc1. The van der Waals surface area contributed by atoms with E-state index < -0.39 is 6.04 Å². The van der Waals surface area contributed by atoms with Crippen LogP contribution in [0.4, 0.5) is 0 Å². The van der Waals surface area contributed by atoms with Gasteiger partial charge in [0.25, 0.3) is 0 Å². The predicted octanol–water partition coefficient (Wildman–Crippen LogP) is 2.76. The Bertz CT molecular complexity index is 456. The molecule has 0 N–H and O–H groups in total. The molecular formula is C9H8N6O2. The van der Waals surface area contributed by atoms with Gasteiger partial charge in [-0.05, 0) is 16.6 Å². The maximum Gasteiger partial charge on any atom is 0.373 e. The van der Waals surface area contributed by atoms with E-state index in [-0.39, 0.29) is 12.7 Å². The van der Waals surface area contributed by atoms with Crippen LogP contribution in [0.15, 0.2) is 40.6 Å². The van der Waals surface area contributed by atoms with Gasteiger partial charge in [0.05, 0.1) is 6.04 Å². The maximum atomic E-state index is 8.32. The van der Waals surface area contributed by atoms with Crippen molar-refractivity contribution in [1.29, 1.82) is 0 Å². The third-order valence-corrected chi connectivity index (χ3v) is 1.69. The lowest BCUT2D eigenvalue weighted by atomic mass is 10.1. The molecule has 1 aromatic rings. The highest BCUT2D eigenvalue weighted by Crippen LogP contribution is 2.17. The summed E-state index contributed by atoms with van der Waals surface area (Å²) in [5.41, 5.74) is 17.3. The second kappa shape index (κ2) is 9.76. The molecule has 0 heterocycles. The van der Waals surface area contributed by atoms with Crippen LogP contribution < -0.4 is 0 Å². The van der Waals surface area contributed by atoms with Gasteiger partial charge in [-0.25, -0.2) is 0 Å². The van der Waals surface area contributed by atoms with E-state index in [1.807, 2.05) is 30.3 Å². The summed E-state index contributed by atoms with van der Waals surface area (Å²) in [6, 6.07) is 8.77. The van der Waals surface area contributed by atoms with Crippen molar-refractivity contribution in [2.45, 2.75) is 6.04 Å². The Labute approximate surface area is 96.1 Å². The van der Waals surface area contributed by atoms with Crippen molar-refractivity contribution in [2.75, 3.05) is 6.54 Å². The number of rotatable bonds is 4. The normalized spacial score (nSPS) is 9.41. The molecule has 17 heavy (non-hydrogen) atoms. The summed E-state index contributed by atoms with van der Waals surface area (Å²) in [5.74, 6) is 0.